The SMILES string of the molecule is COC(=O)c1cc(/C=C/[N+](=O)[O-])cc(C(=O)OC)c1. The number of nitrogens with zero attached hydrogens (tertiary/aromatic N) is 1. The zero-order valence-electron chi connectivity index (χ0n) is 10.3. The Kier molecular flexibility index (Phi) is 4.76. The van der Waals surface area contributed by atoms with Gasteiger partial charge in [-0.25, -0.2) is 9.59 Å². The zero-order valence-corrected chi connectivity index (χ0v) is 10.3. The van der Waals surface area contributed by atoms with Crippen molar-refractivity contribution in [1.29, 1.82) is 0 Å². The third kappa shape index (κ3) is 3.91. The predicted octanol–water partition coefficient (Wildman–Crippen LogP) is 1.51. The van der Waals surface area contributed by atoms with E-state index in [4.69, 9.17) is 0 Å². The van der Waals surface area contributed by atoms with Gasteiger partial charge < -0.3 is 9.47 Å². The van der Waals surface area contributed by atoms with Crippen LogP contribution in [0, 0.1) is 10.1 Å². The van der Waals surface area contributed by atoms with E-state index in [-0.39, 0.29) is 11.1 Å². The van der Waals surface area contributed by atoms with E-state index >= 15 is 0 Å². The molecular weight excluding hydrogens is 254 g/mol. The van der Waals surface area contributed by atoms with Gasteiger partial charge in [-0.1, -0.05) is 0 Å². The Morgan fingerprint density at radius 3 is 1.95 bits per heavy atom. The molecule has 0 radical (unpaired) electrons. The Bertz CT molecular complexity index is 515. The highest BCUT2D eigenvalue weighted by molar-refractivity contribution is 5.96. The number of carbonyl (C=O) groups is 2. The van der Waals surface area contributed by atoms with Gasteiger partial charge in [0.2, 0.25) is 6.20 Å². The van der Waals surface area contributed by atoms with Crippen LogP contribution in [0.2, 0.25) is 0 Å². The number of rotatable bonds is 4. The summed E-state index contributed by atoms with van der Waals surface area (Å²) in [6, 6.07) is 4.04. The van der Waals surface area contributed by atoms with E-state index in [1.165, 1.54) is 38.5 Å². The quantitative estimate of drug-likeness (QED) is 0.465. The molecule has 1 aromatic rings. The van der Waals surface area contributed by atoms with Gasteiger partial charge in [-0.05, 0) is 23.8 Å². The van der Waals surface area contributed by atoms with E-state index in [2.05, 4.69) is 9.47 Å². The molecule has 0 bridgehead atoms. The molecule has 1 aromatic carbocycles. The molecule has 100 valence electrons. The first-order valence-electron chi connectivity index (χ1n) is 5.11. The van der Waals surface area contributed by atoms with Crippen LogP contribution in [0.5, 0.6) is 0 Å². The highest BCUT2D eigenvalue weighted by Crippen LogP contribution is 2.14. The van der Waals surface area contributed by atoms with Gasteiger partial charge >= 0.3 is 11.9 Å². The summed E-state index contributed by atoms with van der Waals surface area (Å²) in [5.74, 6) is -1.30. The van der Waals surface area contributed by atoms with Crippen molar-refractivity contribution < 1.29 is 24.0 Å². The topological polar surface area (TPSA) is 95.7 Å². The fraction of sp³-hybridized carbons (Fsp3) is 0.167. The number of methoxy groups -OCH3 is 2. The second-order valence-electron chi connectivity index (χ2n) is 3.43. The average molecular weight is 265 g/mol. The lowest BCUT2D eigenvalue weighted by atomic mass is 10.1. The first-order valence-corrected chi connectivity index (χ1v) is 5.11. The van der Waals surface area contributed by atoms with Gasteiger partial charge in [0.25, 0.3) is 0 Å². The number of benzene rings is 1. The minimum atomic E-state index is -0.651. The molecule has 0 amide bonds. The maximum atomic E-state index is 11.4. The molecular formula is C12H11NO6. The Labute approximate surface area is 108 Å². The van der Waals surface area contributed by atoms with Crippen LogP contribution in [-0.4, -0.2) is 31.1 Å². The van der Waals surface area contributed by atoms with Crippen LogP contribution in [0.25, 0.3) is 6.08 Å². The number of nitro groups is 1. The summed E-state index contributed by atoms with van der Waals surface area (Å²) in [6.07, 6.45) is 1.87. The summed E-state index contributed by atoms with van der Waals surface area (Å²) < 4.78 is 9.07. The van der Waals surface area contributed by atoms with Crippen molar-refractivity contribution in [3.8, 4) is 0 Å². The molecule has 1 rings (SSSR count). The summed E-state index contributed by atoms with van der Waals surface area (Å²) >= 11 is 0. The van der Waals surface area contributed by atoms with E-state index in [1.54, 1.807) is 0 Å². The van der Waals surface area contributed by atoms with Gasteiger partial charge in [-0.15, -0.1) is 0 Å². The molecule has 7 heteroatoms. The first kappa shape index (κ1) is 14.4. The second-order valence-corrected chi connectivity index (χ2v) is 3.43. The molecule has 0 aliphatic carbocycles. The Balaban J connectivity index is 3.27. The minimum Gasteiger partial charge on any atom is -0.465 e. The van der Waals surface area contributed by atoms with Crippen LogP contribution in [-0.2, 0) is 9.47 Å². The Morgan fingerprint density at radius 2 is 1.58 bits per heavy atom. The van der Waals surface area contributed by atoms with Crippen LogP contribution in [0.4, 0.5) is 0 Å². The molecule has 0 spiro atoms. The van der Waals surface area contributed by atoms with E-state index < -0.39 is 16.9 Å². The monoisotopic (exact) mass is 265 g/mol. The van der Waals surface area contributed by atoms with Gasteiger partial charge in [0.15, 0.2) is 0 Å². The largest absolute Gasteiger partial charge is 0.465 e. The Hall–Kier alpha value is -2.70. The van der Waals surface area contributed by atoms with E-state index in [0.717, 1.165) is 0 Å². The molecule has 0 fully saturated rings. The van der Waals surface area contributed by atoms with Gasteiger partial charge in [0.05, 0.1) is 30.3 Å². The molecule has 0 saturated carbocycles. The zero-order chi connectivity index (χ0) is 14.4. The summed E-state index contributed by atoms with van der Waals surface area (Å²) in [6.45, 7) is 0. The Morgan fingerprint density at radius 1 is 1.11 bits per heavy atom. The summed E-state index contributed by atoms with van der Waals surface area (Å²) in [7, 11) is 2.39. The number of carbonyl (C=O) groups excluding carboxylic acids is 2. The lowest BCUT2D eigenvalue weighted by Crippen LogP contribution is -2.07. The van der Waals surface area contributed by atoms with Crippen molar-refractivity contribution in [3.63, 3.8) is 0 Å². The number of hydrogen-bond donors (Lipinski definition) is 0. The minimum absolute atomic E-state index is 0.105. The maximum Gasteiger partial charge on any atom is 0.337 e. The summed E-state index contributed by atoms with van der Waals surface area (Å²) in [5.41, 5.74) is 0.529. The van der Waals surface area contributed by atoms with Crippen LogP contribution in [0.1, 0.15) is 26.3 Å². The highest BCUT2D eigenvalue weighted by Gasteiger charge is 2.13. The molecule has 19 heavy (non-hydrogen) atoms. The smallest absolute Gasteiger partial charge is 0.337 e. The average Bonchev–Trinajstić information content (AvgIpc) is 2.42. The first-order chi connectivity index (χ1) is 8.97. The molecule has 0 heterocycles. The van der Waals surface area contributed by atoms with Crippen molar-refractivity contribution in [3.05, 3.63) is 51.2 Å². The standard InChI is InChI=1S/C12H11NO6/c1-18-11(14)9-5-8(3-4-13(16)17)6-10(7-9)12(15)19-2/h3-7H,1-2H3/b4-3+. The molecule has 0 unspecified atom stereocenters. The summed E-state index contributed by atoms with van der Waals surface area (Å²) in [5, 5.41) is 10.3. The fourth-order valence-corrected chi connectivity index (χ4v) is 1.37. The predicted molar refractivity (Wildman–Crippen MR) is 65.1 cm³/mol. The molecule has 0 aromatic heterocycles. The highest BCUT2D eigenvalue weighted by atomic mass is 16.6. The lowest BCUT2D eigenvalue weighted by molar-refractivity contribution is -0.400. The second kappa shape index (κ2) is 6.29. The lowest BCUT2D eigenvalue weighted by Gasteiger charge is -2.04. The molecule has 0 saturated heterocycles. The number of ether oxygens (including phenoxy) is 2. The van der Waals surface area contributed by atoms with Crippen molar-refractivity contribution in [1.82, 2.24) is 0 Å². The fourth-order valence-electron chi connectivity index (χ4n) is 1.37. The van der Waals surface area contributed by atoms with Crippen molar-refractivity contribution in [2.75, 3.05) is 14.2 Å². The van der Waals surface area contributed by atoms with Crippen molar-refractivity contribution >= 4 is 18.0 Å². The van der Waals surface area contributed by atoms with Gasteiger partial charge in [-0.3, -0.25) is 10.1 Å². The van der Waals surface area contributed by atoms with Crippen LogP contribution in [0.15, 0.2) is 24.4 Å². The molecule has 0 aliphatic heterocycles. The molecule has 0 N–H and O–H groups in total. The number of hydrogen-bond acceptors (Lipinski definition) is 6. The van der Waals surface area contributed by atoms with Gasteiger partial charge in [0, 0.05) is 6.08 Å². The van der Waals surface area contributed by atoms with E-state index in [1.807, 2.05) is 0 Å². The third-order valence-electron chi connectivity index (χ3n) is 2.19. The van der Waals surface area contributed by atoms with E-state index in [0.29, 0.717) is 11.8 Å². The normalized spacial score (nSPS) is 10.2. The molecule has 0 aliphatic rings. The number of esters is 2. The third-order valence-corrected chi connectivity index (χ3v) is 2.19. The van der Waals surface area contributed by atoms with Gasteiger partial charge in [0.1, 0.15) is 0 Å². The molecule has 7 nitrogen and oxygen atoms in total. The van der Waals surface area contributed by atoms with Crippen LogP contribution in [0.3, 0.4) is 0 Å². The molecule has 0 atom stereocenters. The maximum absolute atomic E-state index is 11.4. The van der Waals surface area contributed by atoms with E-state index in [9.17, 15) is 19.7 Å². The van der Waals surface area contributed by atoms with Crippen LogP contribution >= 0.6 is 0 Å². The van der Waals surface area contributed by atoms with Crippen molar-refractivity contribution in [2.24, 2.45) is 0 Å². The van der Waals surface area contributed by atoms with Gasteiger partial charge in [-0.2, -0.15) is 0 Å². The van der Waals surface area contributed by atoms with Crippen molar-refractivity contribution in [2.45, 2.75) is 0 Å². The van der Waals surface area contributed by atoms with Crippen LogP contribution < -0.4 is 0 Å². The summed E-state index contributed by atoms with van der Waals surface area (Å²) in [4.78, 5) is 32.5.